The third-order valence-corrected chi connectivity index (χ3v) is 2.97. The van der Waals surface area contributed by atoms with Gasteiger partial charge in [-0.3, -0.25) is 0 Å². The molecule has 0 aromatic heterocycles. The molecule has 22 heavy (non-hydrogen) atoms. The molecule has 0 amide bonds. The molecule has 0 aliphatic carbocycles. The number of rotatable bonds is 6. The van der Waals surface area contributed by atoms with Crippen LogP contribution < -0.4 is 4.74 Å². The van der Waals surface area contributed by atoms with Crippen LogP contribution in [0.3, 0.4) is 0 Å². The third kappa shape index (κ3) is 4.38. The number of hydrogen-bond donors (Lipinski definition) is 1. The molecule has 0 radical (unpaired) electrons. The van der Waals surface area contributed by atoms with Gasteiger partial charge in [0.25, 0.3) is 0 Å². The zero-order valence-corrected chi connectivity index (χ0v) is 12.4. The Kier molecular flexibility index (Phi) is 5.60. The number of aliphatic hydroxyl groups is 1. The van der Waals surface area contributed by atoms with Crippen LogP contribution in [0.15, 0.2) is 66.4 Å². The van der Waals surface area contributed by atoms with Gasteiger partial charge in [-0.05, 0) is 36.8 Å². The van der Waals surface area contributed by atoms with Crippen LogP contribution in [-0.4, -0.2) is 17.7 Å². The van der Waals surface area contributed by atoms with Crippen LogP contribution in [0, 0.1) is 0 Å². The minimum atomic E-state index is -0.514. The van der Waals surface area contributed by atoms with Crippen molar-refractivity contribution in [3.63, 3.8) is 0 Å². The van der Waals surface area contributed by atoms with Crippen LogP contribution >= 0.6 is 0 Å². The summed E-state index contributed by atoms with van der Waals surface area (Å²) < 4.78 is 10.6. The van der Waals surface area contributed by atoms with Gasteiger partial charge in [0.1, 0.15) is 11.5 Å². The number of aliphatic hydroxyl groups excluding tert-OH is 1. The fraction of sp³-hybridized carbons (Fsp3) is 0.167. The van der Waals surface area contributed by atoms with Crippen molar-refractivity contribution < 1.29 is 19.4 Å². The van der Waals surface area contributed by atoms with Gasteiger partial charge in [-0.25, -0.2) is 4.79 Å². The zero-order chi connectivity index (χ0) is 15.8. The summed E-state index contributed by atoms with van der Waals surface area (Å²) in [5.41, 5.74) is 1.06. The first kappa shape index (κ1) is 15.6. The van der Waals surface area contributed by atoms with Gasteiger partial charge < -0.3 is 14.6 Å². The number of esters is 1. The maximum absolute atomic E-state index is 11.7. The van der Waals surface area contributed by atoms with Crippen LogP contribution in [0.1, 0.15) is 12.5 Å². The quantitative estimate of drug-likeness (QED) is 0.497. The van der Waals surface area contributed by atoms with E-state index in [2.05, 4.69) is 0 Å². The predicted molar refractivity (Wildman–Crippen MR) is 84.0 cm³/mol. The van der Waals surface area contributed by atoms with E-state index in [4.69, 9.17) is 9.47 Å². The van der Waals surface area contributed by atoms with Crippen molar-refractivity contribution in [1.82, 2.24) is 0 Å². The molecular formula is C18H18O4. The van der Waals surface area contributed by atoms with Crippen molar-refractivity contribution in [2.75, 3.05) is 6.61 Å². The van der Waals surface area contributed by atoms with Crippen LogP contribution in [0.2, 0.25) is 0 Å². The predicted octanol–water partition coefficient (Wildman–Crippen LogP) is 4.03. The van der Waals surface area contributed by atoms with Crippen molar-refractivity contribution in [2.24, 2.45) is 0 Å². The highest BCUT2D eigenvalue weighted by atomic mass is 16.5. The normalized spacial score (nSPS) is 11.0. The fourth-order valence-electron chi connectivity index (χ4n) is 1.96. The van der Waals surface area contributed by atoms with E-state index in [1.165, 1.54) is 0 Å². The first-order valence-corrected chi connectivity index (χ1v) is 7.05. The molecule has 0 unspecified atom stereocenters. The lowest BCUT2D eigenvalue weighted by molar-refractivity contribution is -0.138. The smallest absolute Gasteiger partial charge is 0.337 e. The second-order valence-corrected chi connectivity index (χ2v) is 4.61. The molecule has 0 aliphatic rings. The third-order valence-electron chi connectivity index (χ3n) is 2.97. The van der Waals surface area contributed by atoms with Crippen molar-refractivity contribution in [2.45, 2.75) is 13.3 Å². The summed E-state index contributed by atoms with van der Waals surface area (Å²) in [4.78, 5) is 11.7. The Labute approximate surface area is 129 Å². The molecule has 2 aromatic rings. The van der Waals surface area contributed by atoms with Crippen molar-refractivity contribution in [3.05, 3.63) is 72.0 Å². The first-order valence-electron chi connectivity index (χ1n) is 7.05. The Morgan fingerprint density at radius 3 is 2.50 bits per heavy atom. The molecule has 1 N–H and O–H groups in total. The Hall–Kier alpha value is -2.75. The van der Waals surface area contributed by atoms with E-state index >= 15 is 0 Å². The van der Waals surface area contributed by atoms with Gasteiger partial charge in [-0.1, -0.05) is 30.3 Å². The average Bonchev–Trinajstić information content (AvgIpc) is 2.54. The highest BCUT2D eigenvalue weighted by molar-refractivity contribution is 5.88. The van der Waals surface area contributed by atoms with E-state index in [0.29, 0.717) is 5.75 Å². The second kappa shape index (κ2) is 7.88. The number of hydrogen-bond acceptors (Lipinski definition) is 4. The van der Waals surface area contributed by atoms with Gasteiger partial charge in [0.2, 0.25) is 0 Å². The summed E-state index contributed by atoms with van der Waals surface area (Å²) >= 11 is 0. The van der Waals surface area contributed by atoms with Gasteiger partial charge in [0.15, 0.2) is 0 Å². The molecule has 0 saturated heterocycles. The molecule has 0 heterocycles. The number of ether oxygens (including phenoxy) is 2. The lowest BCUT2D eigenvalue weighted by Gasteiger charge is -2.09. The molecule has 0 saturated carbocycles. The Balaban J connectivity index is 2.09. The Morgan fingerprint density at radius 2 is 1.82 bits per heavy atom. The summed E-state index contributed by atoms with van der Waals surface area (Å²) in [7, 11) is 0. The largest absolute Gasteiger partial charge is 0.515 e. The molecule has 4 nitrogen and oxygen atoms in total. The first-order chi connectivity index (χ1) is 10.7. The lowest BCUT2D eigenvalue weighted by atomic mass is 10.1. The Morgan fingerprint density at radius 1 is 1.09 bits per heavy atom. The van der Waals surface area contributed by atoms with Crippen LogP contribution in [0.5, 0.6) is 11.5 Å². The molecule has 114 valence electrons. The van der Waals surface area contributed by atoms with Crippen LogP contribution in [0.25, 0.3) is 0 Å². The topological polar surface area (TPSA) is 55.8 Å². The molecule has 0 fully saturated rings. The number of para-hydroxylation sites is 1. The molecule has 4 heteroatoms. The highest BCUT2D eigenvalue weighted by Crippen LogP contribution is 2.23. The van der Waals surface area contributed by atoms with Gasteiger partial charge >= 0.3 is 5.97 Å². The van der Waals surface area contributed by atoms with E-state index < -0.39 is 5.97 Å². The van der Waals surface area contributed by atoms with Gasteiger partial charge in [-0.15, -0.1) is 0 Å². The number of carbonyl (C=O) groups is 1. The van der Waals surface area contributed by atoms with E-state index in [0.717, 1.165) is 17.6 Å². The van der Waals surface area contributed by atoms with E-state index in [1.54, 1.807) is 6.92 Å². The monoisotopic (exact) mass is 298 g/mol. The molecule has 2 aromatic carbocycles. The van der Waals surface area contributed by atoms with Crippen molar-refractivity contribution >= 4 is 5.97 Å². The minimum absolute atomic E-state index is 0.207. The fourth-order valence-corrected chi connectivity index (χ4v) is 1.96. The summed E-state index contributed by atoms with van der Waals surface area (Å²) in [6.45, 7) is 1.99. The summed E-state index contributed by atoms with van der Waals surface area (Å²) in [5, 5.41) is 9.19. The van der Waals surface area contributed by atoms with Gasteiger partial charge in [-0.2, -0.15) is 0 Å². The van der Waals surface area contributed by atoms with E-state index in [9.17, 15) is 9.90 Å². The summed E-state index contributed by atoms with van der Waals surface area (Å²) in [6.07, 6.45) is 1.07. The van der Waals surface area contributed by atoms with Crippen molar-refractivity contribution in [1.29, 1.82) is 0 Å². The molecule has 0 spiro atoms. The van der Waals surface area contributed by atoms with Crippen LogP contribution in [0.4, 0.5) is 0 Å². The standard InChI is InChI=1S/C18H18O4/c1-2-21-18(20)15(13-19)11-14-7-6-10-17(12-14)22-16-8-4-3-5-9-16/h3-10,12-13,19H,2,11H2,1H3/b15-13+. The van der Waals surface area contributed by atoms with Crippen LogP contribution in [-0.2, 0) is 16.0 Å². The van der Waals surface area contributed by atoms with Gasteiger partial charge in [0, 0.05) is 6.42 Å². The highest BCUT2D eigenvalue weighted by Gasteiger charge is 2.12. The zero-order valence-electron chi connectivity index (χ0n) is 12.4. The van der Waals surface area contributed by atoms with Crippen molar-refractivity contribution in [3.8, 4) is 11.5 Å². The average molecular weight is 298 g/mol. The molecule has 2 rings (SSSR count). The molecule has 0 bridgehead atoms. The summed E-state index contributed by atoms with van der Waals surface area (Å²) in [5.74, 6) is 0.896. The second-order valence-electron chi connectivity index (χ2n) is 4.61. The SMILES string of the molecule is CCOC(=O)/C(=C/O)Cc1cccc(Oc2ccccc2)c1. The summed E-state index contributed by atoms with van der Waals surface area (Å²) in [6, 6.07) is 16.8. The Bertz CT molecular complexity index is 647. The van der Waals surface area contributed by atoms with E-state index in [-0.39, 0.29) is 18.6 Å². The number of carbonyl (C=O) groups excluding carboxylic acids is 1. The molecule has 0 aliphatic heterocycles. The van der Waals surface area contributed by atoms with E-state index in [1.807, 2.05) is 54.6 Å². The molecule has 0 atom stereocenters. The maximum Gasteiger partial charge on any atom is 0.337 e. The maximum atomic E-state index is 11.7. The minimum Gasteiger partial charge on any atom is -0.515 e. The lowest BCUT2D eigenvalue weighted by Crippen LogP contribution is -2.10. The van der Waals surface area contributed by atoms with Gasteiger partial charge in [0.05, 0.1) is 18.4 Å². The molecular weight excluding hydrogens is 280 g/mol. The number of benzene rings is 2.